The number of hydrogen-bond acceptors (Lipinski definition) is 2. The third-order valence-corrected chi connectivity index (χ3v) is 11.6. The lowest BCUT2D eigenvalue weighted by atomic mass is 9.94. The molecule has 5 aliphatic carbocycles. The molecule has 0 saturated heterocycles. The van der Waals surface area contributed by atoms with Gasteiger partial charge in [-0.25, -0.2) is 9.98 Å². The van der Waals surface area contributed by atoms with Gasteiger partial charge in [-0.05, 0) is 132 Å². The summed E-state index contributed by atoms with van der Waals surface area (Å²) in [4.78, 5) is 14.8. The third kappa shape index (κ3) is 7.56. The number of fused-ring (bicyclic) bond motifs is 5. The van der Waals surface area contributed by atoms with E-state index in [1.54, 1.807) is 7.05 Å². The van der Waals surface area contributed by atoms with Crippen LogP contribution in [0.2, 0.25) is 0 Å². The van der Waals surface area contributed by atoms with Crippen LogP contribution in [0.25, 0.3) is 40.6 Å². The van der Waals surface area contributed by atoms with Crippen LogP contribution in [0, 0.1) is 6.92 Å². The smallest absolute Gasteiger partial charge is 0.161 e. The summed E-state index contributed by atoms with van der Waals surface area (Å²) < 4.78 is 3.83. The number of aliphatic imine (C=N–C) groups is 3. The molecule has 4 nitrogen and oxygen atoms in total. The Bertz CT molecular complexity index is 2700. The van der Waals surface area contributed by atoms with Crippen LogP contribution < -0.4 is 9.75 Å². The fourth-order valence-electron chi connectivity index (χ4n) is 7.82. The van der Waals surface area contributed by atoms with Gasteiger partial charge in [0.2, 0.25) is 0 Å². The normalized spacial score (nSPS) is 18.2. The molecule has 0 saturated carbocycles. The molecular formula is C51H46N4S. The van der Waals surface area contributed by atoms with Gasteiger partial charge in [-0.2, -0.15) is 0 Å². The highest BCUT2D eigenvalue weighted by Crippen LogP contribution is 2.42. The Morgan fingerprint density at radius 1 is 0.857 bits per heavy atom. The molecule has 5 heteroatoms. The predicted molar refractivity (Wildman–Crippen MR) is 244 cm³/mol. The Kier molecular flexibility index (Phi) is 11.0. The average Bonchev–Trinajstić information content (AvgIpc) is 3.50. The molecule has 56 heavy (non-hydrogen) atoms. The van der Waals surface area contributed by atoms with Crippen LogP contribution in [-0.4, -0.2) is 29.5 Å². The van der Waals surface area contributed by atoms with Crippen molar-refractivity contribution in [3.05, 3.63) is 193 Å². The summed E-state index contributed by atoms with van der Waals surface area (Å²) in [6, 6.07) is 10.9. The van der Waals surface area contributed by atoms with Gasteiger partial charge in [-0.15, -0.1) is 11.3 Å². The van der Waals surface area contributed by atoms with Crippen molar-refractivity contribution < 1.29 is 0 Å². The van der Waals surface area contributed by atoms with Gasteiger partial charge in [-0.3, -0.25) is 4.99 Å². The van der Waals surface area contributed by atoms with Crippen molar-refractivity contribution in [1.82, 2.24) is 4.57 Å². The zero-order chi connectivity index (χ0) is 38.4. The van der Waals surface area contributed by atoms with Gasteiger partial charge in [0, 0.05) is 45.9 Å². The molecule has 1 aromatic carbocycles. The molecule has 276 valence electrons. The van der Waals surface area contributed by atoms with E-state index >= 15 is 0 Å². The first-order valence-electron chi connectivity index (χ1n) is 19.4. The van der Waals surface area contributed by atoms with Crippen LogP contribution in [0.5, 0.6) is 0 Å². The maximum absolute atomic E-state index is 5.12. The summed E-state index contributed by atoms with van der Waals surface area (Å²) in [6.45, 7) is 6.67. The first-order valence-corrected chi connectivity index (χ1v) is 20.3. The number of aromatic nitrogens is 1. The second-order valence-electron chi connectivity index (χ2n) is 14.3. The van der Waals surface area contributed by atoms with E-state index in [2.05, 4.69) is 181 Å². The average molecular weight is 747 g/mol. The number of benzene rings is 1. The van der Waals surface area contributed by atoms with Crippen molar-refractivity contribution in [2.75, 3.05) is 7.05 Å². The maximum Gasteiger partial charge on any atom is 0.161 e. The Morgan fingerprint density at radius 3 is 2.62 bits per heavy atom. The van der Waals surface area contributed by atoms with E-state index in [0.29, 0.717) is 11.7 Å². The fraction of sp³-hybridized carbons (Fsp3) is 0.157. The highest BCUT2D eigenvalue weighted by atomic mass is 32.1. The maximum atomic E-state index is 5.12. The molecule has 0 atom stereocenters. The minimum atomic E-state index is 0.610. The topological polar surface area (TPSA) is 42.0 Å². The second kappa shape index (κ2) is 16.7. The quantitative estimate of drug-likeness (QED) is 0.178. The van der Waals surface area contributed by atoms with E-state index in [9.17, 15) is 0 Å². The second-order valence-corrected chi connectivity index (χ2v) is 15.2. The van der Waals surface area contributed by atoms with E-state index in [0.717, 1.165) is 59.2 Å². The standard InChI is InChI=1S/C51H46N4S/c1-5-17-46-36(3)48-45-33-41(49-42(28-29-56-49)30-35(45)2)26-27-47(48)55(46)44-25-15-14-22-40(32-44)39-23-16-24-43(31-39)51(53-34-37-18-10-6-7-11-19-37)54-50(52-4)38-20-12-8-9-13-21-38/h5-8,10,12-13,15-32,34H,9,11,14,33H2,1-4H3/b17-5-,52-50?,53-34?,54-51?. The van der Waals surface area contributed by atoms with E-state index < -0.39 is 0 Å². The summed E-state index contributed by atoms with van der Waals surface area (Å²) in [5.41, 5.74) is 15.5. The largest absolute Gasteiger partial charge is 0.310 e. The van der Waals surface area contributed by atoms with Gasteiger partial charge in [-0.1, -0.05) is 109 Å². The molecule has 3 aromatic rings. The Morgan fingerprint density at radius 2 is 1.73 bits per heavy atom. The molecule has 2 bridgehead atoms. The Hall–Kier alpha value is -6.17. The molecule has 0 fully saturated rings. The van der Waals surface area contributed by atoms with Crippen LogP contribution in [0.15, 0.2) is 165 Å². The molecule has 0 spiro atoms. The van der Waals surface area contributed by atoms with Crippen molar-refractivity contribution in [3.8, 4) is 0 Å². The number of amidine groups is 2. The molecule has 0 amide bonds. The molecule has 5 aliphatic rings. The van der Waals surface area contributed by atoms with E-state index in [1.807, 2.05) is 17.6 Å². The Balaban J connectivity index is 1.23. The van der Waals surface area contributed by atoms with Gasteiger partial charge in [0.15, 0.2) is 11.7 Å². The van der Waals surface area contributed by atoms with Crippen LogP contribution in [0.4, 0.5) is 0 Å². The fourth-order valence-corrected chi connectivity index (χ4v) is 8.73. The van der Waals surface area contributed by atoms with Gasteiger partial charge in [0.25, 0.3) is 0 Å². The lowest BCUT2D eigenvalue weighted by molar-refractivity contribution is 1.08. The number of allylic oxidation sites excluding steroid dienone is 20. The van der Waals surface area contributed by atoms with Crippen LogP contribution >= 0.6 is 11.3 Å². The van der Waals surface area contributed by atoms with Gasteiger partial charge >= 0.3 is 0 Å². The Labute approximate surface area is 334 Å². The highest BCUT2D eigenvalue weighted by Gasteiger charge is 2.26. The number of hydrogen-bond donors (Lipinski definition) is 0. The van der Waals surface area contributed by atoms with Crippen molar-refractivity contribution in [1.29, 1.82) is 0 Å². The van der Waals surface area contributed by atoms with Crippen molar-refractivity contribution in [2.24, 2.45) is 15.0 Å². The van der Waals surface area contributed by atoms with E-state index in [-0.39, 0.29) is 0 Å². The monoisotopic (exact) mass is 746 g/mol. The molecule has 2 heterocycles. The van der Waals surface area contributed by atoms with Crippen molar-refractivity contribution >= 4 is 69.9 Å². The zero-order valence-corrected chi connectivity index (χ0v) is 33.4. The predicted octanol–water partition coefficient (Wildman–Crippen LogP) is 11.3. The van der Waals surface area contributed by atoms with Gasteiger partial charge in [0.05, 0.1) is 5.69 Å². The van der Waals surface area contributed by atoms with Crippen molar-refractivity contribution in [3.63, 3.8) is 0 Å². The highest BCUT2D eigenvalue weighted by molar-refractivity contribution is 7.07. The SMILES string of the molecule is C/C=C\c1c(C)c2c(n1C1=CC(c3cccc(C(N=CC4=CCC=CC=C4)=NC(=NC)C4=CC=CCC=C4)c3)=CCC=C1)C=CC1=c3sccc3=CC(C)=C2C1. The molecular weight excluding hydrogens is 701 g/mol. The number of rotatable bonds is 6. The minimum absolute atomic E-state index is 0.610. The number of thiophene rings is 1. The van der Waals surface area contributed by atoms with Crippen LogP contribution in [0.1, 0.15) is 73.2 Å². The molecule has 0 unspecified atom stereocenters. The first kappa shape index (κ1) is 36.8. The zero-order valence-electron chi connectivity index (χ0n) is 32.5. The van der Waals surface area contributed by atoms with Gasteiger partial charge in [0.1, 0.15) is 0 Å². The summed E-state index contributed by atoms with van der Waals surface area (Å²) in [6.07, 6.45) is 47.1. The van der Waals surface area contributed by atoms with Gasteiger partial charge < -0.3 is 4.57 Å². The first-order chi connectivity index (χ1) is 27.5. The lowest BCUT2D eigenvalue weighted by Crippen LogP contribution is -2.19. The summed E-state index contributed by atoms with van der Waals surface area (Å²) in [5, 5.41) is 3.54. The van der Waals surface area contributed by atoms with Crippen molar-refractivity contribution in [2.45, 2.75) is 46.5 Å². The minimum Gasteiger partial charge on any atom is -0.310 e. The molecule has 0 radical (unpaired) electrons. The van der Waals surface area contributed by atoms with Crippen LogP contribution in [0.3, 0.4) is 0 Å². The molecule has 2 aromatic heterocycles. The summed E-state index contributed by atoms with van der Waals surface area (Å²) >= 11 is 1.84. The number of nitrogens with zero attached hydrogens (tertiary/aromatic N) is 4. The summed E-state index contributed by atoms with van der Waals surface area (Å²) in [5.74, 6) is 1.25. The lowest BCUT2D eigenvalue weighted by Gasteiger charge is -2.14. The molecule has 0 N–H and O–H groups in total. The molecule has 0 aliphatic heterocycles. The summed E-state index contributed by atoms with van der Waals surface area (Å²) in [7, 11) is 1.79. The van der Waals surface area contributed by atoms with Crippen LogP contribution in [-0.2, 0) is 0 Å². The molecule has 8 rings (SSSR count). The van der Waals surface area contributed by atoms with E-state index in [1.165, 1.54) is 49.0 Å². The third-order valence-electron chi connectivity index (χ3n) is 10.6. The van der Waals surface area contributed by atoms with E-state index in [4.69, 9.17) is 9.98 Å².